The van der Waals surface area contributed by atoms with Crippen LogP contribution in [0, 0.1) is 13.8 Å². The second kappa shape index (κ2) is 2.73. The van der Waals surface area contributed by atoms with Gasteiger partial charge in [-0.25, -0.2) is 8.42 Å². The molecule has 0 spiro atoms. The minimum Gasteiger partial charge on any atom is -0.398 e. The van der Waals surface area contributed by atoms with Gasteiger partial charge in [-0.3, -0.25) is 0 Å². The van der Waals surface area contributed by atoms with Crippen LogP contribution in [-0.4, -0.2) is 8.42 Å². The van der Waals surface area contributed by atoms with E-state index in [0.717, 1.165) is 22.3 Å². The fraction of sp³-hybridized carbons (Fsp3) is 0.400. The van der Waals surface area contributed by atoms with Gasteiger partial charge in [0, 0.05) is 5.69 Å². The maximum Gasteiger partial charge on any atom is 0.158 e. The Morgan fingerprint density at radius 2 is 1.93 bits per heavy atom. The largest absolute Gasteiger partial charge is 0.398 e. The molecule has 4 heteroatoms. The van der Waals surface area contributed by atoms with Crippen molar-refractivity contribution in [2.75, 3.05) is 5.73 Å². The minimum absolute atomic E-state index is 0.106. The zero-order valence-corrected chi connectivity index (χ0v) is 9.11. The molecule has 1 aromatic rings. The van der Waals surface area contributed by atoms with E-state index in [0.29, 0.717) is 5.69 Å². The first-order chi connectivity index (χ1) is 6.41. The summed E-state index contributed by atoms with van der Waals surface area (Å²) in [5.74, 6) is 0.253. The van der Waals surface area contributed by atoms with Gasteiger partial charge in [0.15, 0.2) is 9.84 Å². The molecule has 0 bridgehead atoms. The Bertz CT molecular complexity index is 503. The van der Waals surface area contributed by atoms with E-state index in [1.807, 2.05) is 19.9 Å². The maximum absolute atomic E-state index is 11.4. The molecule has 0 aromatic heterocycles. The summed E-state index contributed by atoms with van der Waals surface area (Å²) in [7, 11) is -2.94. The first-order valence-electron chi connectivity index (χ1n) is 4.48. The smallest absolute Gasteiger partial charge is 0.158 e. The zero-order valence-electron chi connectivity index (χ0n) is 8.29. The lowest BCUT2D eigenvalue weighted by Gasteiger charge is -2.09. The number of hydrogen-bond acceptors (Lipinski definition) is 3. The molecule has 0 unspecified atom stereocenters. The normalized spacial score (nSPS) is 18.1. The Morgan fingerprint density at radius 3 is 2.57 bits per heavy atom. The van der Waals surface area contributed by atoms with E-state index < -0.39 is 9.84 Å². The molecule has 0 fully saturated rings. The van der Waals surface area contributed by atoms with E-state index >= 15 is 0 Å². The minimum atomic E-state index is -2.94. The molecule has 1 heterocycles. The molecule has 3 nitrogen and oxygen atoms in total. The van der Waals surface area contributed by atoms with Crippen LogP contribution in [0.25, 0.3) is 0 Å². The summed E-state index contributed by atoms with van der Waals surface area (Å²) >= 11 is 0. The number of rotatable bonds is 0. The molecule has 0 saturated heterocycles. The highest BCUT2D eigenvalue weighted by Gasteiger charge is 2.27. The molecule has 0 aliphatic carbocycles. The average molecular weight is 211 g/mol. The van der Waals surface area contributed by atoms with Crippen LogP contribution in [0.1, 0.15) is 22.3 Å². The monoisotopic (exact) mass is 211 g/mol. The van der Waals surface area contributed by atoms with Gasteiger partial charge in [-0.1, -0.05) is 6.07 Å². The zero-order chi connectivity index (χ0) is 10.5. The average Bonchev–Trinajstić information content (AvgIpc) is 2.37. The molecule has 14 heavy (non-hydrogen) atoms. The Kier molecular flexibility index (Phi) is 1.86. The fourth-order valence-electron chi connectivity index (χ4n) is 1.88. The van der Waals surface area contributed by atoms with Crippen LogP contribution < -0.4 is 5.73 Å². The van der Waals surface area contributed by atoms with Crippen molar-refractivity contribution in [1.29, 1.82) is 0 Å². The van der Waals surface area contributed by atoms with Crippen molar-refractivity contribution in [3.8, 4) is 0 Å². The molecule has 0 amide bonds. The van der Waals surface area contributed by atoms with Crippen LogP contribution >= 0.6 is 0 Å². The number of hydrogen-bond donors (Lipinski definition) is 1. The van der Waals surface area contributed by atoms with Crippen molar-refractivity contribution in [2.24, 2.45) is 0 Å². The Balaban J connectivity index is 2.70. The summed E-state index contributed by atoms with van der Waals surface area (Å²) in [6, 6.07) is 1.94. The van der Waals surface area contributed by atoms with Crippen LogP contribution in [0.15, 0.2) is 6.07 Å². The van der Waals surface area contributed by atoms with Crippen LogP contribution in [0.3, 0.4) is 0 Å². The van der Waals surface area contributed by atoms with Crippen molar-refractivity contribution in [3.63, 3.8) is 0 Å². The predicted molar refractivity (Wildman–Crippen MR) is 56.7 cm³/mol. The van der Waals surface area contributed by atoms with E-state index in [2.05, 4.69) is 0 Å². The van der Waals surface area contributed by atoms with Crippen molar-refractivity contribution in [1.82, 2.24) is 0 Å². The number of aryl methyl sites for hydroxylation is 1. The lowest BCUT2D eigenvalue weighted by molar-refractivity contribution is 0.598. The summed E-state index contributed by atoms with van der Waals surface area (Å²) in [6.07, 6.45) is 0. The van der Waals surface area contributed by atoms with Gasteiger partial charge < -0.3 is 5.73 Å². The van der Waals surface area contributed by atoms with Crippen molar-refractivity contribution in [3.05, 3.63) is 28.3 Å². The number of nitrogen functional groups attached to an aromatic ring is 1. The highest BCUT2D eigenvalue weighted by Crippen LogP contribution is 2.33. The second-order valence-corrected chi connectivity index (χ2v) is 5.97. The maximum atomic E-state index is 11.4. The molecule has 1 aliphatic rings. The SMILES string of the molecule is Cc1cc2c(c(N)c1C)CS(=O)(=O)C2. The quantitative estimate of drug-likeness (QED) is 0.658. The van der Waals surface area contributed by atoms with Crippen molar-refractivity contribution >= 4 is 15.5 Å². The Hall–Kier alpha value is -1.03. The third-order valence-corrected chi connectivity index (χ3v) is 4.32. The Labute approximate surface area is 83.9 Å². The molecule has 1 aliphatic heterocycles. The molecule has 2 N–H and O–H groups in total. The molecule has 2 rings (SSSR count). The molecule has 76 valence electrons. The Morgan fingerprint density at radius 1 is 1.29 bits per heavy atom. The van der Waals surface area contributed by atoms with Gasteiger partial charge in [-0.2, -0.15) is 0 Å². The van der Waals surface area contributed by atoms with Gasteiger partial charge in [0.25, 0.3) is 0 Å². The van der Waals surface area contributed by atoms with Gasteiger partial charge in [-0.15, -0.1) is 0 Å². The second-order valence-electron chi connectivity index (χ2n) is 3.90. The topological polar surface area (TPSA) is 60.2 Å². The van der Waals surface area contributed by atoms with E-state index in [1.54, 1.807) is 0 Å². The van der Waals surface area contributed by atoms with Gasteiger partial charge in [0.1, 0.15) is 0 Å². The lowest BCUT2D eigenvalue weighted by atomic mass is 9.99. The third kappa shape index (κ3) is 1.30. The van der Waals surface area contributed by atoms with Crippen LogP contribution in [0.2, 0.25) is 0 Å². The van der Waals surface area contributed by atoms with E-state index in [4.69, 9.17) is 5.73 Å². The lowest BCUT2D eigenvalue weighted by Crippen LogP contribution is -1.99. The van der Waals surface area contributed by atoms with Gasteiger partial charge in [0.05, 0.1) is 11.5 Å². The summed E-state index contributed by atoms with van der Waals surface area (Å²) < 4.78 is 22.8. The molecule has 0 radical (unpaired) electrons. The molecular weight excluding hydrogens is 198 g/mol. The summed E-state index contributed by atoms with van der Waals surface area (Å²) in [5, 5.41) is 0. The number of fused-ring (bicyclic) bond motifs is 1. The van der Waals surface area contributed by atoms with Crippen LogP contribution in [0.5, 0.6) is 0 Å². The predicted octanol–water partition coefficient (Wildman–Crippen LogP) is 1.31. The molecule has 0 atom stereocenters. The van der Waals surface area contributed by atoms with Crippen molar-refractivity contribution in [2.45, 2.75) is 25.4 Å². The van der Waals surface area contributed by atoms with Crippen LogP contribution in [-0.2, 0) is 21.3 Å². The van der Waals surface area contributed by atoms with E-state index in [1.165, 1.54) is 0 Å². The van der Waals surface area contributed by atoms with Gasteiger partial charge >= 0.3 is 0 Å². The molecule has 0 saturated carbocycles. The fourth-order valence-corrected chi connectivity index (χ4v) is 3.49. The highest BCUT2D eigenvalue weighted by molar-refractivity contribution is 7.90. The third-order valence-electron chi connectivity index (χ3n) is 2.84. The van der Waals surface area contributed by atoms with Gasteiger partial charge in [-0.05, 0) is 36.1 Å². The van der Waals surface area contributed by atoms with E-state index in [9.17, 15) is 8.42 Å². The number of sulfone groups is 1. The first kappa shape index (κ1) is 9.52. The van der Waals surface area contributed by atoms with E-state index in [-0.39, 0.29) is 11.5 Å². The van der Waals surface area contributed by atoms with Crippen LogP contribution in [0.4, 0.5) is 5.69 Å². The number of anilines is 1. The van der Waals surface area contributed by atoms with Gasteiger partial charge in [0.2, 0.25) is 0 Å². The summed E-state index contributed by atoms with van der Waals surface area (Å²) in [5.41, 5.74) is 10.3. The standard InChI is InChI=1S/C10H13NO2S/c1-6-3-8-4-14(12,13)5-9(8)10(11)7(6)2/h3H,4-5,11H2,1-2H3. The highest BCUT2D eigenvalue weighted by atomic mass is 32.2. The first-order valence-corrected chi connectivity index (χ1v) is 6.31. The summed E-state index contributed by atoms with van der Waals surface area (Å²) in [6.45, 7) is 3.88. The molecular formula is C10H13NO2S. The summed E-state index contributed by atoms with van der Waals surface area (Å²) in [4.78, 5) is 0. The van der Waals surface area contributed by atoms with Crippen molar-refractivity contribution < 1.29 is 8.42 Å². The number of benzene rings is 1. The number of nitrogens with two attached hydrogens (primary N) is 1. The molecule has 1 aromatic carbocycles.